The summed E-state index contributed by atoms with van der Waals surface area (Å²) in [7, 11) is 1.20. The lowest BCUT2D eigenvalue weighted by Gasteiger charge is -2.09. The van der Waals surface area contributed by atoms with Crippen molar-refractivity contribution in [3.05, 3.63) is 38.9 Å². The number of ether oxygens (including phenoxy) is 1. The number of carbonyl (C=O) groups is 1. The molecule has 6 nitrogen and oxygen atoms in total. The molecule has 1 aromatic rings. The number of esters is 1. The normalized spacial score (nSPS) is 11.9. The summed E-state index contributed by atoms with van der Waals surface area (Å²) in [5, 5.41) is 10.4. The number of benzene rings is 1. The number of nitrogens with zero attached hydrogens (tertiary/aromatic N) is 1. The lowest BCUT2D eigenvalue weighted by molar-refractivity contribution is -0.384. The second-order valence-electron chi connectivity index (χ2n) is 2.97. The van der Waals surface area contributed by atoms with E-state index in [-0.39, 0.29) is 10.7 Å². The molecular weight excluding hydrogens is 236 g/mol. The Balaban J connectivity index is 3.06. The highest BCUT2D eigenvalue weighted by Crippen LogP contribution is 2.27. The van der Waals surface area contributed by atoms with Crippen LogP contribution in [0.3, 0.4) is 0 Å². The van der Waals surface area contributed by atoms with Crippen molar-refractivity contribution in [3.63, 3.8) is 0 Å². The molecule has 0 aliphatic carbocycles. The van der Waals surface area contributed by atoms with Crippen LogP contribution in [0.15, 0.2) is 18.2 Å². The van der Waals surface area contributed by atoms with E-state index in [0.29, 0.717) is 5.56 Å². The quantitative estimate of drug-likeness (QED) is 0.493. The Kier molecular flexibility index (Phi) is 3.81. The van der Waals surface area contributed by atoms with Gasteiger partial charge in [0.15, 0.2) is 0 Å². The Morgan fingerprint density at radius 1 is 1.62 bits per heavy atom. The summed E-state index contributed by atoms with van der Waals surface area (Å²) in [5.74, 6) is -0.634. The predicted octanol–water partition coefficient (Wildman–Crippen LogP) is 1.42. The molecule has 0 aromatic heterocycles. The van der Waals surface area contributed by atoms with Gasteiger partial charge in [-0.05, 0) is 17.7 Å². The topological polar surface area (TPSA) is 95.5 Å². The zero-order valence-corrected chi connectivity index (χ0v) is 9.10. The molecule has 16 heavy (non-hydrogen) atoms. The van der Waals surface area contributed by atoms with Crippen molar-refractivity contribution in [2.45, 2.75) is 6.04 Å². The van der Waals surface area contributed by atoms with Crippen LogP contribution in [0.5, 0.6) is 0 Å². The minimum atomic E-state index is -0.997. The van der Waals surface area contributed by atoms with Crippen LogP contribution < -0.4 is 5.73 Å². The van der Waals surface area contributed by atoms with Gasteiger partial charge in [0.2, 0.25) is 0 Å². The van der Waals surface area contributed by atoms with E-state index in [1.807, 2.05) is 0 Å². The maximum atomic E-state index is 11.1. The van der Waals surface area contributed by atoms with Crippen molar-refractivity contribution in [3.8, 4) is 0 Å². The number of hydrogen-bond donors (Lipinski definition) is 1. The van der Waals surface area contributed by atoms with Crippen LogP contribution in [0.1, 0.15) is 11.6 Å². The van der Waals surface area contributed by atoms with Crippen molar-refractivity contribution >= 4 is 23.3 Å². The number of carbonyl (C=O) groups excluding carboxylic acids is 1. The zero-order chi connectivity index (χ0) is 12.3. The number of nitro groups is 1. The van der Waals surface area contributed by atoms with E-state index in [2.05, 4.69) is 4.74 Å². The Hall–Kier alpha value is -1.66. The largest absolute Gasteiger partial charge is 0.468 e. The van der Waals surface area contributed by atoms with Gasteiger partial charge in [-0.3, -0.25) is 14.9 Å². The van der Waals surface area contributed by atoms with Crippen LogP contribution in [-0.4, -0.2) is 18.0 Å². The number of nitro benzene ring substituents is 1. The van der Waals surface area contributed by atoms with E-state index in [1.165, 1.54) is 25.3 Å². The van der Waals surface area contributed by atoms with Gasteiger partial charge in [-0.15, -0.1) is 0 Å². The Morgan fingerprint density at radius 2 is 2.25 bits per heavy atom. The molecule has 0 fully saturated rings. The van der Waals surface area contributed by atoms with Crippen molar-refractivity contribution in [2.75, 3.05) is 7.11 Å². The molecule has 0 amide bonds. The Labute approximate surface area is 96.1 Å². The summed E-state index contributed by atoms with van der Waals surface area (Å²) in [6.45, 7) is 0. The molecule has 0 spiro atoms. The summed E-state index contributed by atoms with van der Waals surface area (Å²) in [4.78, 5) is 21.0. The first-order chi connectivity index (χ1) is 7.47. The van der Waals surface area contributed by atoms with Crippen LogP contribution >= 0.6 is 11.6 Å². The predicted molar refractivity (Wildman–Crippen MR) is 57.1 cm³/mol. The van der Waals surface area contributed by atoms with Crippen molar-refractivity contribution in [1.82, 2.24) is 0 Å². The molecule has 1 atom stereocenters. The maximum absolute atomic E-state index is 11.1. The van der Waals surface area contributed by atoms with Gasteiger partial charge in [-0.1, -0.05) is 11.6 Å². The summed E-state index contributed by atoms with van der Waals surface area (Å²) < 4.78 is 4.44. The Morgan fingerprint density at radius 3 is 2.69 bits per heavy atom. The number of halogens is 1. The Bertz CT molecular complexity index is 436. The number of rotatable bonds is 3. The fourth-order valence-corrected chi connectivity index (χ4v) is 1.39. The molecule has 1 unspecified atom stereocenters. The average Bonchev–Trinajstić information content (AvgIpc) is 2.26. The minimum Gasteiger partial charge on any atom is -0.468 e. The highest BCUT2D eigenvalue weighted by Gasteiger charge is 2.19. The minimum absolute atomic E-state index is 0.0677. The van der Waals surface area contributed by atoms with E-state index in [1.54, 1.807) is 0 Å². The third-order valence-corrected chi connectivity index (χ3v) is 2.29. The van der Waals surface area contributed by atoms with Crippen molar-refractivity contribution < 1.29 is 14.5 Å². The van der Waals surface area contributed by atoms with E-state index >= 15 is 0 Å². The summed E-state index contributed by atoms with van der Waals surface area (Å²) in [6, 6.07) is 2.84. The summed E-state index contributed by atoms with van der Waals surface area (Å²) in [6.07, 6.45) is 0. The molecular formula is C9H9ClN2O4. The second-order valence-corrected chi connectivity index (χ2v) is 3.38. The van der Waals surface area contributed by atoms with Crippen LogP contribution in [0, 0.1) is 10.1 Å². The third-order valence-electron chi connectivity index (χ3n) is 1.98. The van der Waals surface area contributed by atoms with Gasteiger partial charge in [-0.25, -0.2) is 0 Å². The van der Waals surface area contributed by atoms with Crippen LogP contribution in [0.4, 0.5) is 5.69 Å². The van der Waals surface area contributed by atoms with Crippen molar-refractivity contribution in [2.24, 2.45) is 5.73 Å². The summed E-state index contributed by atoms with van der Waals surface area (Å²) in [5.41, 5.74) is 5.67. The molecule has 0 saturated carbocycles. The molecule has 86 valence electrons. The van der Waals surface area contributed by atoms with Crippen LogP contribution in [0.2, 0.25) is 5.02 Å². The van der Waals surface area contributed by atoms with Gasteiger partial charge < -0.3 is 10.5 Å². The average molecular weight is 245 g/mol. The smallest absolute Gasteiger partial charge is 0.327 e. The first-order valence-electron chi connectivity index (χ1n) is 4.24. The fraction of sp³-hybridized carbons (Fsp3) is 0.222. The first-order valence-corrected chi connectivity index (χ1v) is 4.62. The van der Waals surface area contributed by atoms with Gasteiger partial charge in [0.05, 0.1) is 12.0 Å². The van der Waals surface area contributed by atoms with Gasteiger partial charge in [0.25, 0.3) is 5.69 Å². The lowest BCUT2D eigenvalue weighted by atomic mass is 10.1. The summed E-state index contributed by atoms with van der Waals surface area (Å²) >= 11 is 5.67. The third kappa shape index (κ3) is 2.47. The van der Waals surface area contributed by atoms with E-state index < -0.39 is 16.9 Å². The molecule has 0 bridgehead atoms. The van der Waals surface area contributed by atoms with Gasteiger partial charge in [0.1, 0.15) is 11.1 Å². The molecule has 7 heteroatoms. The van der Waals surface area contributed by atoms with E-state index in [9.17, 15) is 14.9 Å². The molecule has 0 aliphatic rings. The monoisotopic (exact) mass is 244 g/mol. The highest BCUT2D eigenvalue weighted by atomic mass is 35.5. The van der Waals surface area contributed by atoms with Crippen LogP contribution in [-0.2, 0) is 9.53 Å². The maximum Gasteiger partial charge on any atom is 0.327 e. The van der Waals surface area contributed by atoms with Crippen LogP contribution in [0.25, 0.3) is 0 Å². The zero-order valence-electron chi connectivity index (χ0n) is 8.34. The van der Waals surface area contributed by atoms with Gasteiger partial charge >= 0.3 is 5.97 Å². The van der Waals surface area contributed by atoms with Gasteiger partial charge in [-0.2, -0.15) is 0 Å². The molecule has 2 N–H and O–H groups in total. The molecule has 0 saturated heterocycles. The second kappa shape index (κ2) is 4.91. The molecule has 0 aliphatic heterocycles. The van der Waals surface area contributed by atoms with Gasteiger partial charge in [0, 0.05) is 6.07 Å². The SMILES string of the molecule is COC(=O)C(N)c1ccc([N+](=O)[O-])c(Cl)c1. The number of nitrogens with two attached hydrogens (primary N) is 1. The first kappa shape index (κ1) is 12.4. The van der Waals surface area contributed by atoms with E-state index in [4.69, 9.17) is 17.3 Å². The van der Waals surface area contributed by atoms with E-state index in [0.717, 1.165) is 0 Å². The molecule has 0 heterocycles. The highest BCUT2D eigenvalue weighted by molar-refractivity contribution is 6.32. The number of methoxy groups -OCH3 is 1. The molecule has 0 radical (unpaired) electrons. The molecule has 1 rings (SSSR count). The number of hydrogen-bond acceptors (Lipinski definition) is 5. The molecule has 1 aromatic carbocycles. The lowest BCUT2D eigenvalue weighted by Crippen LogP contribution is -2.22. The standard InChI is InChI=1S/C9H9ClN2O4/c1-16-9(13)8(11)5-2-3-7(12(14)15)6(10)4-5/h2-4,8H,11H2,1H3. The fourth-order valence-electron chi connectivity index (χ4n) is 1.13. The van der Waals surface area contributed by atoms with Crippen molar-refractivity contribution in [1.29, 1.82) is 0 Å².